The third-order valence-electron chi connectivity index (χ3n) is 2.89. The number of hydrogen-bond donors (Lipinski definition) is 1. The van der Waals surface area contributed by atoms with Crippen LogP contribution in [0.5, 0.6) is 0 Å². The molecule has 3 nitrogen and oxygen atoms in total. The molecule has 0 unspecified atom stereocenters. The number of Topliss-reactive ketones (excluding diaryl/α,β-unsaturated/α-hetero) is 1. The average Bonchev–Trinajstić information content (AvgIpc) is 2.46. The molecule has 21 heavy (non-hydrogen) atoms. The van der Waals surface area contributed by atoms with Gasteiger partial charge in [0.15, 0.2) is 0 Å². The van der Waals surface area contributed by atoms with Gasteiger partial charge in [0.05, 0.1) is 5.56 Å². The minimum absolute atomic E-state index is 0.0122. The van der Waals surface area contributed by atoms with Crippen molar-refractivity contribution in [1.82, 2.24) is 0 Å². The molecule has 6 heteroatoms. The number of carbonyl (C=O) groups is 2. The molecule has 0 spiro atoms. The van der Waals surface area contributed by atoms with Crippen molar-refractivity contribution in [3.8, 4) is 11.1 Å². The van der Waals surface area contributed by atoms with Crippen LogP contribution in [0.4, 0.5) is 13.2 Å². The fraction of sp³-hybridized carbons (Fsp3) is 0.0667. The smallest absolute Gasteiger partial charge is 0.416 e. The summed E-state index contributed by atoms with van der Waals surface area (Å²) in [4.78, 5) is 21.8. The average molecular weight is 294 g/mol. The molecule has 0 amide bonds. The zero-order valence-corrected chi connectivity index (χ0v) is 10.5. The third kappa shape index (κ3) is 3.28. The number of aliphatic carboxylic acids is 1. The van der Waals surface area contributed by atoms with Crippen molar-refractivity contribution in [2.45, 2.75) is 6.18 Å². The Balaban J connectivity index is 2.27. The van der Waals surface area contributed by atoms with Crippen molar-refractivity contribution in [3.63, 3.8) is 0 Å². The van der Waals surface area contributed by atoms with E-state index in [1.807, 2.05) is 0 Å². The molecule has 0 aliphatic rings. The summed E-state index contributed by atoms with van der Waals surface area (Å²) in [6, 6.07) is 10.2. The Hall–Kier alpha value is -2.63. The van der Waals surface area contributed by atoms with Crippen molar-refractivity contribution in [1.29, 1.82) is 0 Å². The lowest BCUT2D eigenvalue weighted by Gasteiger charge is -2.08. The Labute approximate surface area is 117 Å². The van der Waals surface area contributed by atoms with Crippen LogP contribution in [0.3, 0.4) is 0 Å². The summed E-state index contributed by atoms with van der Waals surface area (Å²) in [7, 11) is 0. The Kier molecular flexibility index (Phi) is 3.80. The quantitative estimate of drug-likeness (QED) is 0.694. The molecule has 108 valence electrons. The van der Waals surface area contributed by atoms with Gasteiger partial charge >= 0.3 is 12.1 Å². The second-order valence-corrected chi connectivity index (χ2v) is 4.29. The molecule has 0 heterocycles. The molecule has 0 aliphatic heterocycles. The van der Waals surface area contributed by atoms with Crippen molar-refractivity contribution < 1.29 is 27.9 Å². The number of carboxylic acid groups (broad SMARTS) is 1. The monoisotopic (exact) mass is 294 g/mol. The molecular weight excluding hydrogens is 285 g/mol. The number of benzene rings is 2. The summed E-state index contributed by atoms with van der Waals surface area (Å²) < 4.78 is 37.3. The normalized spacial score (nSPS) is 11.2. The Morgan fingerprint density at radius 3 is 1.62 bits per heavy atom. The summed E-state index contributed by atoms with van der Waals surface area (Å²) in [5.74, 6) is -2.59. The standard InChI is InChI=1S/C15H9F3O3/c16-15(17,18)12-7-5-10(6-8-12)9-1-3-11(4-2-9)13(19)14(20)21/h1-8H,(H,20,21). The van der Waals surface area contributed by atoms with Gasteiger partial charge in [-0.05, 0) is 23.3 Å². The van der Waals surface area contributed by atoms with Crippen molar-refractivity contribution in [2.24, 2.45) is 0 Å². The minimum Gasteiger partial charge on any atom is -0.475 e. The molecule has 0 bridgehead atoms. The van der Waals surface area contributed by atoms with Crippen LogP contribution in [0, 0.1) is 0 Å². The second kappa shape index (κ2) is 5.40. The van der Waals surface area contributed by atoms with Gasteiger partial charge in [0.25, 0.3) is 5.78 Å². The summed E-state index contributed by atoms with van der Waals surface area (Å²) >= 11 is 0. The molecule has 0 radical (unpaired) electrons. The number of rotatable bonds is 3. The third-order valence-corrected chi connectivity index (χ3v) is 2.89. The topological polar surface area (TPSA) is 54.4 Å². The lowest BCUT2D eigenvalue weighted by molar-refractivity contribution is -0.137. The highest BCUT2D eigenvalue weighted by Crippen LogP contribution is 2.31. The van der Waals surface area contributed by atoms with Crippen LogP contribution >= 0.6 is 0 Å². The van der Waals surface area contributed by atoms with Gasteiger partial charge in [-0.1, -0.05) is 36.4 Å². The molecule has 0 saturated carbocycles. The van der Waals surface area contributed by atoms with Gasteiger partial charge in [0.2, 0.25) is 0 Å². The van der Waals surface area contributed by atoms with Gasteiger partial charge in [-0.25, -0.2) is 4.79 Å². The number of alkyl halides is 3. The predicted octanol–water partition coefficient (Wildman–Crippen LogP) is 3.64. The van der Waals surface area contributed by atoms with E-state index in [9.17, 15) is 22.8 Å². The maximum absolute atomic E-state index is 12.4. The number of hydrogen-bond acceptors (Lipinski definition) is 2. The van der Waals surface area contributed by atoms with Crippen LogP contribution in [-0.2, 0) is 11.0 Å². The van der Waals surface area contributed by atoms with E-state index < -0.39 is 23.5 Å². The molecule has 0 aliphatic carbocycles. The number of halogens is 3. The van der Waals surface area contributed by atoms with Crippen molar-refractivity contribution >= 4 is 11.8 Å². The number of carbonyl (C=O) groups excluding carboxylic acids is 1. The van der Waals surface area contributed by atoms with E-state index in [2.05, 4.69) is 0 Å². The maximum Gasteiger partial charge on any atom is 0.416 e. The van der Waals surface area contributed by atoms with E-state index in [1.54, 1.807) is 0 Å². The zero-order chi connectivity index (χ0) is 15.6. The predicted molar refractivity (Wildman–Crippen MR) is 68.8 cm³/mol. The second-order valence-electron chi connectivity index (χ2n) is 4.29. The summed E-state index contributed by atoms with van der Waals surface area (Å²) in [6.07, 6.45) is -4.39. The Morgan fingerprint density at radius 2 is 1.24 bits per heavy atom. The molecule has 2 rings (SSSR count). The van der Waals surface area contributed by atoms with E-state index in [4.69, 9.17) is 5.11 Å². The summed E-state index contributed by atoms with van der Waals surface area (Å²) in [5, 5.41) is 8.57. The molecular formula is C15H9F3O3. The molecule has 0 atom stereocenters. The largest absolute Gasteiger partial charge is 0.475 e. The first-order valence-corrected chi connectivity index (χ1v) is 5.84. The summed E-state index contributed by atoms with van der Waals surface area (Å²) in [6.45, 7) is 0. The van der Waals surface area contributed by atoms with Gasteiger partial charge in [-0.3, -0.25) is 4.79 Å². The lowest BCUT2D eigenvalue weighted by Crippen LogP contribution is -2.12. The molecule has 2 aromatic rings. The molecule has 1 N–H and O–H groups in total. The van der Waals surface area contributed by atoms with Crippen LogP contribution in [0.1, 0.15) is 15.9 Å². The van der Waals surface area contributed by atoms with E-state index >= 15 is 0 Å². The fourth-order valence-corrected chi connectivity index (χ4v) is 1.79. The Morgan fingerprint density at radius 1 is 0.810 bits per heavy atom. The maximum atomic E-state index is 12.4. The molecule has 0 aromatic heterocycles. The highest BCUT2D eigenvalue weighted by atomic mass is 19.4. The fourth-order valence-electron chi connectivity index (χ4n) is 1.79. The highest BCUT2D eigenvalue weighted by Gasteiger charge is 2.29. The highest BCUT2D eigenvalue weighted by molar-refractivity contribution is 6.39. The van der Waals surface area contributed by atoms with Crippen molar-refractivity contribution in [3.05, 3.63) is 59.7 Å². The van der Waals surface area contributed by atoms with Crippen LogP contribution in [0.15, 0.2) is 48.5 Å². The zero-order valence-electron chi connectivity index (χ0n) is 10.5. The van der Waals surface area contributed by atoms with E-state index in [-0.39, 0.29) is 5.56 Å². The van der Waals surface area contributed by atoms with Crippen LogP contribution in [0.2, 0.25) is 0 Å². The van der Waals surface area contributed by atoms with Gasteiger partial charge in [-0.2, -0.15) is 13.2 Å². The first-order valence-electron chi connectivity index (χ1n) is 5.84. The van der Waals surface area contributed by atoms with Gasteiger partial charge in [0, 0.05) is 5.56 Å². The SMILES string of the molecule is O=C(O)C(=O)c1ccc(-c2ccc(C(F)(F)F)cc2)cc1. The number of ketones is 1. The van der Waals surface area contributed by atoms with Crippen LogP contribution < -0.4 is 0 Å². The molecule has 0 fully saturated rings. The van der Waals surface area contributed by atoms with Crippen molar-refractivity contribution in [2.75, 3.05) is 0 Å². The van der Waals surface area contributed by atoms with Crippen LogP contribution in [0.25, 0.3) is 11.1 Å². The molecule has 2 aromatic carbocycles. The Bertz CT molecular complexity index is 671. The van der Waals surface area contributed by atoms with E-state index in [1.165, 1.54) is 36.4 Å². The van der Waals surface area contributed by atoms with Gasteiger partial charge in [0.1, 0.15) is 0 Å². The summed E-state index contributed by atoms with van der Waals surface area (Å²) in [5.41, 5.74) is 0.394. The number of carboxylic acids is 1. The van der Waals surface area contributed by atoms with Gasteiger partial charge < -0.3 is 5.11 Å². The first kappa shape index (κ1) is 14.8. The molecule has 0 saturated heterocycles. The van der Waals surface area contributed by atoms with Crippen LogP contribution in [-0.4, -0.2) is 16.9 Å². The lowest BCUT2D eigenvalue weighted by atomic mass is 10.0. The van der Waals surface area contributed by atoms with E-state index in [0.29, 0.717) is 11.1 Å². The van der Waals surface area contributed by atoms with Gasteiger partial charge in [-0.15, -0.1) is 0 Å². The minimum atomic E-state index is -4.39. The van der Waals surface area contributed by atoms with E-state index in [0.717, 1.165) is 12.1 Å². The first-order chi connectivity index (χ1) is 9.79.